The van der Waals surface area contributed by atoms with E-state index in [1.807, 2.05) is 44.3 Å². The van der Waals surface area contributed by atoms with E-state index in [1.54, 1.807) is 18.3 Å². The third-order valence-corrected chi connectivity index (χ3v) is 3.38. The zero-order chi connectivity index (χ0) is 16.2. The lowest BCUT2D eigenvalue weighted by atomic mass is 10.1. The van der Waals surface area contributed by atoms with E-state index in [0.717, 1.165) is 16.7 Å². The maximum absolute atomic E-state index is 11.7. The van der Waals surface area contributed by atoms with Crippen LogP contribution in [0.15, 0.2) is 48.8 Å². The van der Waals surface area contributed by atoms with Crippen LogP contribution in [0, 0.1) is 5.92 Å². The first-order valence-electron chi connectivity index (χ1n) is 7.61. The summed E-state index contributed by atoms with van der Waals surface area (Å²) < 4.78 is 5.83. The van der Waals surface area contributed by atoms with Gasteiger partial charge in [0, 0.05) is 29.6 Å². The van der Waals surface area contributed by atoms with Crippen molar-refractivity contribution in [3.63, 3.8) is 0 Å². The van der Waals surface area contributed by atoms with Gasteiger partial charge in [-0.05, 0) is 30.2 Å². The van der Waals surface area contributed by atoms with Gasteiger partial charge in [0.2, 0.25) is 11.8 Å². The fourth-order valence-corrected chi connectivity index (χ4v) is 2.36. The maximum Gasteiger partial charge on any atom is 0.224 e. The number of nitrogens with one attached hydrogen (secondary N) is 2. The Labute approximate surface area is 134 Å². The second kappa shape index (κ2) is 6.52. The summed E-state index contributed by atoms with van der Waals surface area (Å²) in [5.74, 6) is 1.55. The van der Waals surface area contributed by atoms with Crippen LogP contribution < -0.4 is 10.1 Å². The predicted octanol–water partition coefficient (Wildman–Crippen LogP) is 4.34. The summed E-state index contributed by atoms with van der Waals surface area (Å²) >= 11 is 0. The minimum Gasteiger partial charge on any atom is -0.438 e. The predicted molar refractivity (Wildman–Crippen MR) is 90.7 cm³/mol. The highest BCUT2D eigenvalue weighted by atomic mass is 16.5. The number of aromatic nitrogens is 2. The van der Waals surface area contributed by atoms with Crippen LogP contribution in [0.25, 0.3) is 10.9 Å². The summed E-state index contributed by atoms with van der Waals surface area (Å²) in [6.07, 6.45) is 3.97. The van der Waals surface area contributed by atoms with Crippen molar-refractivity contribution in [2.24, 2.45) is 5.92 Å². The van der Waals surface area contributed by atoms with Gasteiger partial charge in [-0.3, -0.25) is 4.79 Å². The highest BCUT2D eigenvalue weighted by molar-refractivity contribution is 5.90. The van der Waals surface area contributed by atoms with Crippen LogP contribution >= 0.6 is 0 Å². The van der Waals surface area contributed by atoms with Crippen molar-refractivity contribution in [1.29, 1.82) is 0 Å². The number of anilines is 1. The first-order valence-corrected chi connectivity index (χ1v) is 7.61. The standard InChI is InChI=1S/C18H19N3O2/c1-12(2)10-17(22)21-13-6-7-18(20-11-13)23-16-5-3-4-15-14(16)8-9-19-15/h3-9,11-12,19H,10H2,1-2H3,(H,21,22). The summed E-state index contributed by atoms with van der Waals surface area (Å²) in [6.45, 7) is 4.02. The number of nitrogens with zero attached hydrogens (tertiary/aromatic N) is 1. The Bertz CT molecular complexity index is 807. The van der Waals surface area contributed by atoms with Crippen molar-refractivity contribution in [2.75, 3.05) is 5.32 Å². The fourth-order valence-electron chi connectivity index (χ4n) is 2.36. The van der Waals surface area contributed by atoms with Gasteiger partial charge >= 0.3 is 0 Å². The lowest BCUT2D eigenvalue weighted by Gasteiger charge is -2.09. The number of H-pyrrole nitrogens is 1. The van der Waals surface area contributed by atoms with Crippen molar-refractivity contribution < 1.29 is 9.53 Å². The normalized spacial score (nSPS) is 10.9. The molecule has 0 aliphatic rings. The minimum atomic E-state index is -0.00689. The van der Waals surface area contributed by atoms with Gasteiger partial charge in [-0.2, -0.15) is 0 Å². The lowest BCUT2D eigenvalue weighted by Crippen LogP contribution is -2.13. The van der Waals surface area contributed by atoms with Crippen LogP contribution in [0.2, 0.25) is 0 Å². The van der Waals surface area contributed by atoms with Gasteiger partial charge in [0.15, 0.2) is 0 Å². The number of carbonyl (C=O) groups excluding carboxylic acids is 1. The molecule has 0 spiro atoms. The number of rotatable bonds is 5. The number of fused-ring (bicyclic) bond motifs is 1. The summed E-state index contributed by atoms with van der Waals surface area (Å²) in [4.78, 5) is 19.1. The highest BCUT2D eigenvalue weighted by Gasteiger charge is 2.07. The number of pyridine rings is 1. The van der Waals surface area contributed by atoms with Crippen molar-refractivity contribution in [2.45, 2.75) is 20.3 Å². The molecule has 23 heavy (non-hydrogen) atoms. The van der Waals surface area contributed by atoms with E-state index in [2.05, 4.69) is 15.3 Å². The van der Waals surface area contributed by atoms with E-state index >= 15 is 0 Å². The van der Waals surface area contributed by atoms with Crippen LogP contribution in [0.4, 0.5) is 5.69 Å². The quantitative estimate of drug-likeness (QED) is 0.736. The topological polar surface area (TPSA) is 67.0 Å². The van der Waals surface area contributed by atoms with Gasteiger partial charge in [0.1, 0.15) is 5.75 Å². The SMILES string of the molecule is CC(C)CC(=O)Nc1ccc(Oc2cccc3[nH]ccc23)nc1. The molecule has 5 nitrogen and oxygen atoms in total. The van der Waals surface area contributed by atoms with E-state index in [0.29, 0.717) is 23.9 Å². The van der Waals surface area contributed by atoms with Gasteiger partial charge in [0.05, 0.1) is 11.9 Å². The maximum atomic E-state index is 11.7. The lowest BCUT2D eigenvalue weighted by molar-refractivity contribution is -0.116. The molecule has 1 aromatic carbocycles. The number of aromatic amines is 1. The Hall–Kier alpha value is -2.82. The van der Waals surface area contributed by atoms with Crippen molar-refractivity contribution >= 4 is 22.5 Å². The summed E-state index contributed by atoms with van der Waals surface area (Å²) in [7, 11) is 0. The number of hydrogen-bond acceptors (Lipinski definition) is 3. The summed E-state index contributed by atoms with van der Waals surface area (Å²) in [6, 6.07) is 11.3. The monoisotopic (exact) mass is 309 g/mol. The van der Waals surface area contributed by atoms with Crippen molar-refractivity contribution in [1.82, 2.24) is 9.97 Å². The van der Waals surface area contributed by atoms with E-state index in [4.69, 9.17) is 4.74 Å². The molecule has 0 aliphatic carbocycles. The van der Waals surface area contributed by atoms with Crippen LogP contribution in [0.5, 0.6) is 11.6 Å². The number of hydrogen-bond donors (Lipinski definition) is 2. The number of benzene rings is 1. The van der Waals surface area contributed by atoms with E-state index in [9.17, 15) is 4.79 Å². The van der Waals surface area contributed by atoms with Gasteiger partial charge < -0.3 is 15.0 Å². The Morgan fingerprint density at radius 3 is 2.87 bits per heavy atom. The van der Waals surface area contributed by atoms with Crippen LogP contribution in [-0.4, -0.2) is 15.9 Å². The average Bonchev–Trinajstić information content (AvgIpc) is 2.98. The molecule has 3 aromatic rings. The molecule has 2 aromatic heterocycles. The molecule has 0 radical (unpaired) electrons. The Kier molecular flexibility index (Phi) is 4.28. The largest absolute Gasteiger partial charge is 0.438 e. The van der Waals surface area contributed by atoms with Crippen molar-refractivity contribution in [3.8, 4) is 11.6 Å². The molecule has 0 atom stereocenters. The Balaban J connectivity index is 1.70. The van der Waals surface area contributed by atoms with Gasteiger partial charge in [0.25, 0.3) is 0 Å². The second-order valence-electron chi connectivity index (χ2n) is 5.83. The Morgan fingerprint density at radius 2 is 2.13 bits per heavy atom. The Morgan fingerprint density at radius 1 is 1.26 bits per heavy atom. The van der Waals surface area contributed by atoms with Crippen LogP contribution in [0.1, 0.15) is 20.3 Å². The highest BCUT2D eigenvalue weighted by Crippen LogP contribution is 2.28. The molecule has 1 amide bonds. The summed E-state index contributed by atoms with van der Waals surface area (Å²) in [5, 5.41) is 3.83. The van der Waals surface area contributed by atoms with Gasteiger partial charge in [-0.25, -0.2) is 4.98 Å². The fraction of sp³-hybridized carbons (Fsp3) is 0.222. The van der Waals surface area contributed by atoms with E-state index in [-0.39, 0.29) is 5.91 Å². The molecular formula is C18H19N3O2. The molecule has 3 rings (SSSR count). The van der Waals surface area contributed by atoms with E-state index in [1.165, 1.54) is 0 Å². The average molecular weight is 309 g/mol. The zero-order valence-corrected chi connectivity index (χ0v) is 13.2. The molecule has 0 unspecified atom stereocenters. The third-order valence-electron chi connectivity index (χ3n) is 3.38. The minimum absolute atomic E-state index is 0.00689. The molecule has 5 heteroatoms. The molecule has 0 fully saturated rings. The van der Waals surface area contributed by atoms with Gasteiger partial charge in [-0.1, -0.05) is 19.9 Å². The van der Waals surface area contributed by atoms with Crippen LogP contribution in [-0.2, 0) is 4.79 Å². The summed E-state index contributed by atoms with van der Waals surface area (Å²) in [5.41, 5.74) is 1.68. The van der Waals surface area contributed by atoms with Crippen LogP contribution in [0.3, 0.4) is 0 Å². The number of ether oxygens (including phenoxy) is 1. The number of amides is 1. The molecule has 0 bridgehead atoms. The molecule has 0 saturated carbocycles. The third kappa shape index (κ3) is 3.69. The molecule has 118 valence electrons. The molecule has 2 N–H and O–H groups in total. The van der Waals surface area contributed by atoms with Crippen molar-refractivity contribution in [3.05, 3.63) is 48.8 Å². The first kappa shape index (κ1) is 15.1. The molecular weight excluding hydrogens is 290 g/mol. The molecule has 0 aliphatic heterocycles. The smallest absolute Gasteiger partial charge is 0.224 e. The second-order valence-corrected chi connectivity index (χ2v) is 5.83. The zero-order valence-electron chi connectivity index (χ0n) is 13.2. The molecule has 2 heterocycles. The molecule has 0 saturated heterocycles. The number of carbonyl (C=O) groups is 1. The van der Waals surface area contributed by atoms with Gasteiger partial charge in [-0.15, -0.1) is 0 Å². The first-order chi connectivity index (χ1) is 11.1. The van der Waals surface area contributed by atoms with E-state index < -0.39 is 0 Å².